The molecule has 0 aliphatic rings. The van der Waals surface area contributed by atoms with Crippen LogP contribution in [-0.4, -0.2) is 21.1 Å². The second-order valence-electron chi connectivity index (χ2n) is 5.25. The van der Waals surface area contributed by atoms with Gasteiger partial charge in [-0.15, -0.1) is 0 Å². The zero-order chi connectivity index (χ0) is 13.7. The van der Waals surface area contributed by atoms with E-state index < -0.39 is 0 Å². The molecule has 4 heteroatoms. The Morgan fingerprint density at radius 1 is 1.32 bits per heavy atom. The number of hydrogen-bond donors (Lipinski definition) is 1. The lowest BCUT2D eigenvalue weighted by Gasteiger charge is -2.21. The Kier molecular flexibility index (Phi) is 4.91. The van der Waals surface area contributed by atoms with Crippen LogP contribution in [0.5, 0.6) is 0 Å². The van der Waals surface area contributed by atoms with Crippen molar-refractivity contribution in [1.82, 2.24) is 19.9 Å². The van der Waals surface area contributed by atoms with E-state index in [0.717, 1.165) is 24.4 Å². The highest BCUT2D eigenvalue weighted by atomic mass is 15.2. The minimum absolute atomic E-state index is 0.369. The Morgan fingerprint density at radius 3 is 2.89 bits per heavy atom. The molecule has 2 heterocycles. The van der Waals surface area contributed by atoms with Gasteiger partial charge in [0.2, 0.25) is 0 Å². The smallest absolute Gasteiger partial charge is 0.0892 e. The summed E-state index contributed by atoms with van der Waals surface area (Å²) in [7, 11) is 0. The molecule has 4 nitrogen and oxygen atoms in total. The standard InChI is InChI=1S/C15H24N4/c1-4-6-12(3)9-14(17-5-2)13-10-18-19-8-7-16-11-15(13)19/h7-8,10-12,14,17H,4-6,9H2,1-3H3. The molecule has 104 valence electrons. The van der Waals surface area contributed by atoms with Crippen LogP contribution in [0.3, 0.4) is 0 Å². The van der Waals surface area contributed by atoms with Gasteiger partial charge in [-0.05, 0) is 18.9 Å². The zero-order valence-corrected chi connectivity index (χ0v) is 12.1. The van der Waals surface area contributed by atoms with Gasteiger partial charge in [0.25, 0.3) is 0 Å². The highest BCUT2D eigenvalue weighted by Crippen LogP contribution is 2.26. The first-order valence-corrected chi connectivity index (χ1v) is 7.26. The van der Waals surface area contributed by atoms with Crippen molar-refractivity contribution in [3.05, 3.63) is 30.4 Å². The Labute approximate surface area is 115 Å². The lowest BCUT2D eigenvalue weighted by Crippen LogP contribution is -2.22. The number of aromatic nitrogens is 3. The van der Waals surface area contributed by atoms with Crippen molar-refractivity contribution in [2.75, 3.05) is 6.54 Å². The van der Waals surface area contributed by atoms with E-state index >= 15 is 0 Å². The largest absolute Gasteiger partial charge is 0.310 e. The summed E-state index contributed by atoms with van der Waals surface area (Å²) in [6.07, 6.45) is 11.2. The summed E-state index contributed by atoms with van der Waals surface area (Å²) in [5.74, 6) is 0.723. The molecule has 2 rings (SSSR count). The lowest BCUT2D eigenvalue weighted by molar-refractivity contribution is 0.396. The van der Waals surface area contributed by atoms with Gasteiger partial charge in [-0.3, -0.25) is 4.98 Å². The van der Waals surface area contributed by atoms with Crippen LogP contribution in [0.1, 0.15) is 51.6 Å². The minimum Gasteiger partial charge on any atom is -0.310 e. The molecule has 2 aromatic rings. The fourth-order valence-electron chi connectivity index (χ4n) is 2.70. The Bertz CT molecular complexity index is 506. The lowest BCUT2D eigenvalue weighted by atomic mass is 9.93. The summed E-state index contributed by atoms with van der Waals surface area (Å²) in [5, 5.41) is 8.00. The van der Waals surface area contributed by atoms with Crippen LogP contribution in [0.15, 0.2) is 24.8 Å². The van der Waals surface area contributed by atoms with E-state index in [-0.39, 0.29) is 0 Å². The zero-order valence-electron chi connectivity index (χ0n) is 12.1. The van der Waals surface area contributed by atoms with Gasteiger partial charge in [-0.1, -0.05) is 33.6 Å². The predicted octanol–water partition coefficient (Wildman–Crippen LogP) is 3.21. The molecule has 0 saturated carbocycles. The molecule has 2 atom stereocenters. The molecule has 0 aliphatic heterocycles. The molecule has 0 radical (unpaired) electrons. The van der Waals surface area contributed by atoms with Gasteiger partial charge in [0.15, 0.2) is 0 Å². The molecule has 0 amide bonds. The van der Waals surface area contributed by atoms with Crippen molar-refractivity contribution in [2.45, 2.75) is 46.1 Å². The van der Waals surface area contributed by atoms with E-state index in [1.54, 1.807) is 6.20 Å². The fourth-order valence-corrected chi connectivity index (χ4v) is 2.70. The highest BCUT2D eigenvalue weighted by Gasteiger charge is 2.18. The Morgan fingerprint density at radius 2 is 2.16 bits per heavy atom. The Balaban J connectivity index is 2.22. The molecule has 0 aliphatic carbocycles. The molecule has 1 N–H and O–H groups in total. The maximum absolute atomic E-state index is 4.41. The first-order valence-electron chi connectivity index (χ1n) is 7.26. The third-order valence-electron chi connectivity index (χ3n) is 3.60. The second kappa shape index (κ2) is 6.66. The van der Waals surface area contributed by atoms with Crippen molar-refractivity contribution >= 4 is 5.52 Å². The minimum atomic E-state index is 0.369. The molecule has 0 aromatic carbocycles. The first kappa shape index (κ1) is 14.0. The summed E-state index contributed by atoms with van der Waals surface area (Å²) in [5.41, 5.74) is 2.37. The molecule has 19 heavy (non-hydrogen) atoms. The van der Waals surface area contributed by atoms with Gasteiger partial charge in [0, 0.05) is 24.0 Å². The number of nitrogens with zero attached hydrogens (tertiary/aromatic N) is 3. The molecular weight excluding hydrogens is 236 g/mol. The molecule has 0 spiro atoms. The average molecular weight is 260 g/mol. The van der Waals surface area contributed by atoms with Crippen LogP contribution < -0.4 is 5.32 Å². The van der Waals surface area contributed by atoms with Crippen LogP contribution in [-0.2, 0) is 0 Å². The fraction of sp³-hybridized carbons (Fsp3) is 0.600. The summed E-state index contributed by atoms with van der Waals surface area (Å²) in [6, 6.07) is 0.369. The van der Waals surface area contributed by atoms with Gasteiger partial charge in [0.1, 0.15) is 0 Å². The van der Waals surface area contributed by atoms with Crippen molar-refractivity contribution in [2.24, 2.45) is 5.92 Å². The Hall–Kier alpha value is -1.42. The quantitative estimate of drug-likeness (QED) is 0.831. The van der Waals surface area contributed by atoms with Gasteiger partial charge in [-0.2, -0.15) is 5.10 Å². The van der Waals surface area contributed by atoms with Crippen molar-refractivity contribution in [3.8, 4) is 0 Å². The van der Waals surface area contributed by atoms with E-state index in [4.69, 9.17) is 0 Å². The van der Waals surface area contributed by atoms with E-state index in [9.17, 15) is 0 Å². The maximum atomic E-state index is 4.41. The van der Waals surface area contributed by atoms with Gasteiger partial charge >= 0.3 is 0 Å². The van der Waals surface area contributed by atoms with E-state index in [1.165, 1.54) is 18.4 Å². The van der Waals surface area contributed by atoms with Crippen LogP contribution in [0.4, 0.5) is 0 Å². The maximum Gasteiger partial charge on any atom is 0.0892 e. The van der Waals surface area contributed by atoms with Crippen LogP contribution in [0, 0.1) is 5.92 Å². The van der Waals surface area contributed by atoms with Crippen LogP contribution >= 0.6 is 0 Å². The number of nitrogens with one attached hydrogen (secondary N) is 1. The third kappa shape index (κ3) is 3.32. The topological polar surface area (TPSA) is 42.2 Å². The molecular formula is C15H24N4. The molecule has 0 fully saturated rings. The van der Waals surface area contributed by atoms with Crippen molar-refractivity contribution < 1.29 is 0 Å². The van der Waals surface area contributed by atoms with E-state index in [2.05, 4.69) is 36.2 Å². The predicted molar refractivity (Wildman–Crippen MR) is 78.1 cm³/mol. The van der Waals surface area contributed by atoms with Gasteiger partial charge in [-0.25, -0.2) is 4.52 Å². The van der Waals surface area contributed by atoms with Gasteiger partial charge in [0.05, 0.1) is 17.9 Å². The van der Waals surface area contributed by atoms with Crippen LogP contribution in [0.2, 0.25) is 0 Å². The van der Waals surface area contributed by atoms with Gasteiger partial charge < -0.3 is 5.32 Å². The summed E-state index contributed by atoms with van der Waals surface area (Å²) in [6.45, 7) is 7.71. The third-order valence-corrected chi connectivity index (χ3v) is 3.60. The first-order chi connectivity index (χ1) is 9.26. The monoisotopic (exact) mass is 260 g/mol. The molecule has 0 bridgehead atoms. The normalized spacial score (nSPS) is 14.7. The molecule has 0 saturated heterocycles. The number of rotatable bonds is 7. The average Bonchev–Trinajstić information content (AvgIpc) is 2.82. The summed E-state index contributed by atoms with van der Waals surface area (Å²) >= 11 is 0. The highest BCUT2D eigenvalue weighted by molar-refractivity contribution is 5.53. The summed E-state index contributed by atoms with van der Waals surface area (Å²) < 4.78 is 1.90. The molecule has 2 aromatic heterocycles. The molecule has 2 unspecified atom stereocenters. The second-order valence-corrected chi connectivity index (χ2v) is 5.25. The van der Waals surface area contributed by atoms with E-state index in [0.29, 0.717) is 6.04 Å². The number of fused-ring (bicyclic) bond motifs is 1. The SMILES string of the molecule is CCCC(C)CC(NCC)c1cnn2ccncc12. The van der Waals surface area contributed by atoms with Crippen LogP contribution in [0.25, 0.3) is 5.52 Å². The number of hydrogen-bond acceptors (Lipinski definition) is 3. The van der Waals surface area contributed by atoms with Crippen molar-refractivity contribution in [3.63, 3.8) is 0 Å². The van der Waals surface area contributed by atoms with E-state index in [1.807, 2.05) is 23.1 Å². The summed E-state index contributed by atoms with van der Waals surface area (Å²) in [4.78, 5) is 4.22. The van der Waals surface area contributed by atoms with Crippen molar-refractivity contribution in [1.29, 1.82) is 0 Å².